The highest BCUT2D eigenvalue weighted by molar-refractivity contribution is 7.10. The number of ether oxygens (including phenoxy) is 1. The quantitative estimate of drug-likeness (QED) is 0.852. The number of hydrogen-bond acceptors (Lipinski definition) is 4. The normalized spacial score (nSPS) is 18.4. The summed E-state index contributed by atoms with van der Waals surface area (Å²) in [5.74, 6) is 0.206. The maximum absolute atomic E-state index is 12.4. The van der Waals surface area contributed by atoms with Crippen molar-refractivity contribution in [1.29, 1.82) is 0 Å². The molecule has 0 saturated carbocycles. The molecule has 1 saturated heterocycles. The summed E-state index contributed by atoms with van der Waals surface area (Å²) in [7, 11) is 0. The Balaban J connectivity index is 1.49. The van der Waals surface area contributed by atoms with E-state index < -0.39 is 0 Å². The van der Waals surface area contributed by atoms with E-state index in [9.17, 15) is 4.79 Å². The van der Waals surface area contributed by atoms with Gasteiger partial charge in [0.25, 0.3) is 0 Å². The van der Waals surface area contributed by atoms with Gasteiger partial charge in [-0.15, -0.1) is 11.3 Å². The largest absolute Gasteiger partial charge is 0.372 e. The molecule has 1 fully saturated rings. The first-order valence-corrected chi connectivity index (χ1v) is 8.50. The fourth-order valence-electron chi connectivity index (χ4n) is 2.67. The number of aromatic nitrogens is 1. The molecule has 2 aromatic rings. The van der Waals surface area contributed by atoms with Crippen LogP contribution < -0.4 is 0 Å². The Hall–Kier alpha value is -1.72. The van der Waals surface area contributed by atoms with Crippen LogP contribution in [0.2, 0.25) is 0 Å². The summed E-state index contributed by atoms with van der Waals surface area (Å²) >= 11 is 1.64. The minimum atomic E-state index is 0.126. The predicted molar refractivity (Wildman–Crippen MR) is 86.7 cm³/mol. The molecule has 1 amide bonds. The van der Waals surface area contributed by atoms with Crippen molar-refractivity contribution >= 4 is 17.2 Å². The number of likely N-dealkylation sites (tertiary alicyclic amines) is 1. The van der Waals surface area contributed by atoms with Gasteiger partial charge in [-0.3, -0.25) is 9.78 Å². The molecule has 0 aromatic carbocycles. The number of thiophene rings is 1. The molecule has 3 rings (SSSR count). The molecule has 3 heterocycles. The second-order valence-corrected chi connectivity index (χ2v) is 6.56. The van der Waals surface area contributed by atoms with Gasteiger partial charge in [0.15, 0.2) is 0 Å². The Kier molecular flexibility index (Phi) is 5.19. The van der Waals surface area contributed by atoms with Crippen molar-refractivity contribution in [3.8, 4) is 0 Å². The van der Waals surface area contributed by atoms with Crippen LogP contribution >= 0.6 is 11.3 Å². The monoisotopic (exact) mass is 316 g/mol. The summed E-state index contributed by atoms with van der Waals surface area (Å²) in [5.41, 5.74) is 1.07. The average molecular weight is 316 g/mol. The van der Waals surface area contributed by atoms with Crippen LogP contribution in [0.1, 0.15) is 23.3 Å². The third kappa shape index (κ3) is 4.15. The van der Waals surface area contributed by atoms with Crippen LogP contribution in [0.5, 0.6) is 0 Å². The molecule has 4 nitrogen and oxygen atoms in total. The summed E-state index contributed by atoms with van der Waals surface area (Å²) in [6, 6.07) is 7.93. The Morgan fingerprint density at radius 3 is 3.14 bits per heavy atom. The molecule has 1 aliphatic rings. The zero-order valence-electron chi connectivity index (χ0n) is 12.5. The van der Waals surface area contributed by atoms with Gasteiger partial charge in [-0.1, -0.05) is 12.1 Å². The van der Waals surface area contributed by atoms with Crippen LogP contribution in [-0.2, 0) is 22.6 Å². The van der Waals surface area contributed by atoms with E-state index in [0.717, 1.165) is 29.8 Å². The Morgan fingerprint density at radius 1 is 1.41 bits per heavy atom. The molecule has 1 aliphatic heterocycles. The molecule has 116 valence electrons. The predicted octanol–water partition coefficient (Wildman–Crippen LogP) is 2.89. The molecular weight excluding hydrogens is 296 g/mol. The van der Waals surface area contributed by atoms with Crippen molar-refractivity contribution in [2.75, 3.05) is 13.1 Å². The molecule has 0 radical (unpaired) electrons. The second-order valence-electron chi connectivity index (χ2n) is 5.53. The van der Waals surface area contributed by atoms with Gasteiger partial charge in [0.05, 0.1) is 19.1 Å². The van der Waals surface area contributed by atoms with Gasteiger partial charge in [-0.05, 0) is 35.9 Å². The van der Waals surface area contributed by atoms with E-state index in [1.807, 2.05) is 40.7 Å². The van der Waals surface area contributed by atoms with Crippen molar-refractivity contribution in [2.24, 2.45) is 0 Å². The van der Waals surface area contributed by atoms with E-state index in [1.54, 1.807) is 17.5 Å². The highest BCUT2D eigenvalue weighted by Crippen LogP contribution is 2.17. The van der Waals surface area contributed by atoms with Crippen LogP contribution in [0, 0.1) is 0 Å². The number of piperidine rings is 1. The number of pyridine rings is 1. The first kappa shape index (κ1) is 15.2. The molecule has 1 unspecified atom stereocenters. The lowest BCUT2D eigenvalue weighted by molar-refractivity contribution is -0.134. The fraction of sp³-hybridized carbons (Fsp3) is 0.412. The van der Waals surface area contributed by atoms with Gasteiger partial charge in [-0.2, -0.15) is 0 Å². The number of carbonyl (C=O) groups excluding carboxylic acids is 1. The van der Waals surface area contributed by atoms with Crippen molar-refractivity contribution in [3.05, 3.63) is 52.5 Å². The highest BCUT2D eigenvalue weighted by atomic mass is 32.1. The highest BCUT2D eigenvalue weighted by Gasteiger charge is 2.24. The molecule has 5 heteroatoms. The van der Waals surface area contributed by atoms with E-state index in [4.69, 9.17) is 4.74 Å². The third-order valence-electron chi connectivity index (χ3n) is 3.84. The number of carbonyl (C=O) groups is 1. The Morgan fingerprint density at radius 2 is 2.36 bits per heavy atom. The lowest BCUT2D eigenvalue weighted by Gasteiger charge is -2.32. The van der Waals surface area contributed by atoms with Gasteiger partial charge in [-0.25, -0.2) is 0 Å². The number of hydrogen-bond donors (Lipinski definition) is 0. The molecule has 2 aromatic heterocycles. The van der Waals surface area contributed by atoms with Gasteiger partial charge < -0.3 is 9.64 Å². The van der Waals surface area contributed by atoms with Crippen molar-refractivity contribution in [2.45, 2.75) is 32.0 Å². The zero-order chi connectivity index (χ0) is 15.2. The lowest BCUT2D eigenvalue weighted by Crippen LogP contribution is -2.43. The van der Waals surface area contributed by atoms with Crippen LogP contribution in [-0.4, -0.2) is 35.0 Å². The van der Waals surface area contributed by atoms with Crippen LogP contribution in [0.4, 0.5) is 0 Å². The summed E-state index contributed by atoms with van der Waals surface area (Å²) in [5, 5.41) is 2.01. The molecular formula is C17H20N2O2S. The number of nitrogens with zero attached hydrogens (tertiary/aromatic N) is 2. The van der Waals surface area contributed by atoms with Gasteiger partial charge >= 0.3 is 0 Å². The summed E-state index contributed by atoms with van der Waals surface area (Å²) in [6.45, 7) is 2.10. The molecule has 0 aliphatic carbocycles. The van der Waals surface area contributed by atoms with E-state index in [2.05, 4.69) is 4.98 Å². The summed E-state index contributed by atoms with van der Waals surface area (Å²) in [6.07, 6.45) is 6.24. The number of amides is 1. The molecule has 0 bridgehead atoms. The Bertz CT molecular complexity index is 586. The van der Waals surface area contributed by atoms with Crippen molar-refractivity contribution < 1.29 is 9.53 Å². The molecule has 0 spiro atoms. The van der Waals surface area contributed by atoms with Gasteiger partial charge in [0, 0.05) is 30.4 Å². The first-order chi connectivity index (χ1) is 10.8. The van der Waals surface area contributed by atoms with Gasteiger partial charge in [0.2, 0.25) is 5.91 Å². The van der Waals surface area contributed by atoms with E-state index in [1.165, 1.54) is 0 Å². The number of rotatable bonds is 5. The summed E-state index contributed by atoms with van der Waals surface area (Å²) < 4.78 is 5.95. The fourth-order valence-corrected chi connectivity index (χ4v) is 3.37. The molecule has 1 atom stereocenters. The van der Waals surface area contributed by atoms with Crippen molar-refractivity contribution in [1.82, 2.24) is 9.88 Å². The van der Waals surface area contributed by atoms with Crippen LogP contribution in [0.3, 0.4) is 0 Å². The smallest absolute Gasteiger partial charge is 0.227 e. The van der Waals surface area contributed by atoms with E-state index >= 15 is 0 Å². The SMILES string of the molecule is O=C(Cc1cccs1)N1CCCC(OCc2cccnc2)C1. The summed E-state index contributed by atoms with van der Waals surface area (Å²) in [4.78, 5) is 19.5. The topological polar surface area (TPSA) is 42.4 Å². The van der Waals surface area contributed by atoms with Gasteiger partial charge in [0.1, 0.15) is 0 Å². The second kappa shape index (κ2) is 7.51. The van der Waals surface area contributed by atoms with E-state index in [-0.39, 0.29) is 12.0 Å². The third-order valence-corrected chi connectivity index (χ3v) is 4.72. The van der Waals surface area contributed by atoms with Crippen LogP contribution in [0.15, 0.2) is 42.0 Å². The maximum Gasteiger partial charge on any atom is 0.227 e. The van der Waals surface area contributed by atoms with Crippen molar-refractivity contribution in [3.63, 3.8) is 0 Å². The molecule has 0 N–H and O–H groups in total. The minimum absolute atomic E-state index is 0.126. The first-order valence-electron chi connectivity index (χ1n) is 7.62. The lowest BCUT2D eigenvalue weighted by atomic mass is 10.1. The molecule has 22 heavy (non-hydrogen) atoms. The van der Waals surface area contributed by atoms with E-state index in [0.29, 0.717) is 19.6 Å². The minimum Gasteiger partial charge on any atom is -0.372 e. The maximum atomic E-state index is 12.4. The van der Waals surface area contributed by atoms with Crippen LogP contribution in [0.25, 0.3) is 0 Å². The zero-order valence-corrected chi connectivity index (χ0v) is 13.3. The average Bonchev–Trinajstić information content (AvgIpc) is 3.07. The Labute approximate surface area is 134 Å². The standard InChI is InChI=1S/C17H20N2O2S/c20-17(10-16-6-3-9-22-16)19-8-2-5-15(12-19)21-13-14-4-1-7-18-11-14/h1,3-4,6-7,9,11,15H,2,5,8,10,12-13H2.